The molecule has 3 rings (SSSR count). The average Bonchev–Trinajstić information content (AvgIpc) is 2.68. The van der Waals surface area contributed by atoms with Gasteiger partial charge in [0.2, 0.25) is 0 Å². The van der Waals surface area contributed by atoms with E-state index in [2.05, 4.69) is 47.5 Å². The van der Waals surface area contributed by atoms with Gasteiger partial charge in [-0.05, 0) is 81.3 Å². The van der Waals surface area contributed by atoms with Gasteiger partial charge in [0, 0.05) is 25.3 Å². The van der Waals surface area contributed by atoms with Crippen LogP contribution in [-0.4, -0.2) is 31.6 Å². The highest BCUT2D eigenvalue weighted by Crippen LogP contribution is 2.26. The predicted octanol–water partition coefficient (Wildman–Crippen LogP) is 4.34. The third-order valence-electron chi connectivity index (χ3n) is 5.55. The number of carbonyl (C=O) groups is 1. The summed E-state index contributed by atoms with van der Waals surface area (Å²) in [4.78, 5) is 14.9. The number of ether oxygens (including phenoxy) is 1. The Morgan fingerprint density at radius 3 is 2.82 bits per heavy atom. The van der Waals surface area contributed by atoms with E-state index in [0.29, 0.717) is 6.54 Å². The Hall–Kier alpha value is -2.49. The molecule has 150 valence electrons. The van der Waals surface area contributed by atoms with Crippen molar-refractivity contribution in [2.75, 3.05) is 24.5 Å². The van der Waals surface area contributed by atoms with Gasteiger partial charge in [-0.1, -0.05) is 24.3 Å². The van der Waals surface area contributed by atoms with Crippen molar-refractivity contribution in [3.63, 3.8) is 0 Å². The zero-order valence-corrected chi connectivity index (χ0v) is 17.5. The third-order valence-corrected chi connectivity index (χ3v) is 5.55. The van der Waals surface area contributed by atoms with Gasteiger partial charge < -0.3 is 15.0 Å². The molecular formula is C24H32N2O2. The van der Waals surface area contributed by atoms with E-state index in [0.717, 1.165) is 42.8 Å². The predicted molar refractivity (Wildman–Crippen MR) is 115 cm³/mol. The Kier molecular flexibility index (Phi) is 6.61. The number of benzene rings is 2. The molecule has 0 spiro atoms. The first-order chi connectivity index (χ1) is 13.5. The monoisotopic (exact) mass is 380 g/mol. The van der Waals surface area contributed by atoms with Gasteiger partial charge in [-0.3, -0.25) is 4.79 Å². The second-order valence-electron chi connectivity index (χ2n) is 7.83. The lowest BCUT2D eigenvalue weighted by Crippen LogP contribution is -2.38. The number of rotatable bonds is 7. The highest BCUT2D eigenvalue weighted by Gasteiger charge is 2.18. The minimum absolute atomic E-state index is 0.0578. The Bertz CT molecular complexity index is 831. The van der Waals surface area contributed by atoms with Crippen molar-refractivity contribution in [1.29, 1.82) is 0 Å². The van der Waals surface area contributed by atoms with Crippen LogP contribution in [0.25, 0.3) is 0 Å². The smallest absolute Gasteiger partial charge is 0.260 e. The lowest BCUT2D eigenvalue weighted by molar-refractivity contribution is -0.127. The minimum atomic E-state index is -0.504. The molecule has 1 amide bonds. The summed E-state index contributed by atoms with van der Waals surface area (Å²) in [5.41, 5.74) is 6.21. The maximum Gasteiger partial charge on any atom is 0.260 e. The van der Waals surface area contributed by atoms with Gasteiger partial charge in [0.15, 0.2) is 6.10 Å². The van der Waals surface area contributed by atoms with E-state index < -0.39 is 6.10 Å². The van der Waals surface area contributed by atoms with Gasteiger partial charge in [0.25, 0.3) is 5.91 Å². The van der Waals surface area contributed by atoms with Crippen LogP contribution in [0.2, 0.25) is 0 Å². The van der Waals surface area contributed by atoms with Crippen molar-refractivity contribution in [3.05, 3.63) is 58.7 Å². The summed E-state index contributed by atoms with van der Waals surface area (Å²) in [7, 11) is 0. The van der Waals surface area contributed by atoms with Crippen LogP contribution in [0.1, 0.15) is 42.0 Å². The standard InChI is InChI=1S/C24H32N2O2/c1-17-15-18(2)19(3)23(16-17)28-20(4)24(27)25-12-8-14-26-13-7-10-21-9-5-6-11-22(21)26/h5-6,9,11,15-16,20H,7-8,10,12-14H2,1-4H3,(H,25,27)/t20-/m0/s1. The van der Waals surface area contributed by atoms with Crippen molar-refractivity contribution in [1.82, 2.24) is 5.32 Å². The molecule has 1 aliphatic rings. The van der Waals surface area contributed by atoms with E-state index in [1.165, 1.54) is 23.2 Å². The van der Waals surface area contributed by atoms with Crippen LogP contribution >= 0.6 is 0 Å². The molecule has 2 aromatic carbocycles. The number of fused-ring (bicyclic) bond motifs is 1. The van der Waals surface area contributed by atoms with Crippen molar-refractivity contribution in [3.8, 4) is 5.75 Å². The molecule has 4 nitrogen and oxygen atoms in total. The number of anilines is 1. The molecule has 1 heterocycles. The summed E-state index contributed by atoms with van der Waals surface area (Å²) in [5.74, 6) is 0.739. The summed E-state index contributed by atoms with van der Waals surface area (Å²) in [6, 6.07) is 12.8. The fourth-order valence-corrected chi connectivity index (χ4v) is 3.84. The van der Waals surface area contributed by atoms with E-state index in [9.17, 15) is 4.79 Å². The van der Waals surface area contributed by atoms with E-state index in [1.54, 1.807) is 0 Å². The topological polar surface area (TPSA) is 41.6 Å². The molecule has 0 unspecified atom stereocenters. The van der Waals surface area contributed by atoms with E-state index in [1.807, 2.05) is 26.8 Å². The van der Waals surface area contributed by atoms with Crippen LogP contribution in [0.5, 0.6) is 5.75 Å². The van der Waals surface area contributed by atoms with Gasteiger partial charge in [0.05, 0.1) is 0 Å². The second kappa shape index (κ2) is 9.13. The van der Waals surface area contributed by atoms with Gasteiger partial charge in [-0.2, -0.15) is 0 Å². The number of para-hydroxylation sites is 1. The molecule has 4 heteroatoms. The quantitative estimate of drug-likeness (QED) is 0.727. The summed E-state index contributed by atoms with van der Waals surface area (Å²) in [6.07, 6.45) is 2.78. The van der Waals surface area contributed by atoms with Gasteiger partial charge in [0.1, 0.15) is 5.75 Å². The maximum atomic E-state index is 12.4. The zero-order chi connectivity index (χ0) is 20.1. The SMILES string of the molecule is Cc1cc(C)c(C)c(O[C@@H](C)C(=O)NCCCN2CCCc3ccccc32)c1. The molecule has 0 aliphatic carbocycles. The third kappa shape index (κ3) is 4.86. The number of nitrogens with one attached hydrogen (secondary N) is 1. The van der Waals surface area contributed by atoms with Crippen LogP contribution in [0.3, 0.4) is 0 Å². The molecular weight excluding hydrogens is 348 g/mol. The summed E-state index contributed by atoms with van der Waals surface area (Å²) in [6.45, 7) is 10.7. The second-order valence-corrected chi connectivity index (χ2v) is 7.83. The largest absolute Gasteiger partial charge is 0.481 e. The molecule has 1 aliphatic heterocycles. The van der Waals surface area contributed by atoms with Crippen LogP contribution in [0.4, 0.5) is 5.69 Å². The lowest BCUT2D eigenvalue weighted by Gasteiger charge is -2.31. The number of hydrogen-bond donors (Lipinski definition) is 1. The number of aryl methyl sites for hydroxylation is 3. The minimum Gasteiger partial charge on any atom is -0.481 e. The number of carbonyl (C=O) groups excluding carboxylic acids is 1. The Morgan fingerprint density at radius 2 is 2.00 bits per heavy atom. The molecule has 0 bridgehead atoms. The zero-order valence-electron chi connectivity index (χ0n) is 17.5. The van der Waals surface area contributed by atoms with Crippen LogP contribution < -0.4 is 15.0 Å². The number of nitrogens with zero attached hydrogens (tertiary/aromatic N) is 1. The molecule has 1 atom stereocenters. The normalized spacial score (nSPS) is 14.4. The molecule has 0 fully saturated rings. The molecule has 28 heavy (non-hydrogen) atoms. The molecule has 0 aromatic heterocycles. The maximum absolute atomic E-state index is 12.4. The Balaban J connectivity index is 1.46. The fraction of sp³-hybridized carbons (Fsp3) is 0.458. The Morgan fingerprint density at radius 1 is 1.21 bits per heavy atom. The highest BCUT2D eigenvalue weighted by molar-refractivity contribution is 5.80. The van der Waals surface area contributed by atoms with E-state index in [4.69, 9.17) is 4.74 Å². The lowest BCUT2D eigenvalue weighted by atomic mass is 10.0. The summed E-state index contributed by atoms with van der Waals surface area (Å²) in [5, 5.41) is 3.02. The van der Waals surface area contributed by atoms with Gasteiger partial charge >= 0.3 is 0 Å². The van der Waals surface area contributed by atoms with Crippen molar-refractivity contribution < 1.29 is 9.53 Å². The highest BCUT2D eigenvalue weighted by atomic mass is 16.5. The molecule has 2 aromatic rings. The number of hydrogen-bond acceptors (Lipinski definition) is 3. The van der Waals surface area contributed by atoms with Crippen molar-refractivity contribution in [2.24, 2.45) is 0 Å². The first kappa shape index (κ1) is 20.2. The first-order valence-corrected chi connectivity index (χ1v) is 10.3. The average molecular weight is 381 g/mol. The molecule has 0 saturated heterocycles. The van der Waals surface area contributed by atoms with Crippen molar-refractivity contribution in [2.45, 2.75) is 53.1 Å². The summed E-state index contributed by atoms with van der Waals surface area (Å²) >= 11 is 0. The summed E-state index contributed by atoms with van der Waals surface area (Å²) < 4.78 is 5.94. The van der Waals surface area contributed by atoms with E-state index in [-0.39, 0.29) is 5.91 Å². The first-order valence-electron chi connectivity index (χ1n) is 10.3. The molecule has 1 N–H and O–H groups in total. The molecule has 0 radical (unpaired) electrons. The van der Waals surface area contributed by atoms with Crippen LogP contribution in [0, 0.1) is 20.8 Å². The number of amides is 1. The van der Waals surface area contributed by atoms with Crippen LogP contribution in [0.15, 0.2) is 36.4 Å². The van der Waals surface area contributed by atoms with Crippen LogP contribution in [-0.2, 0) is 11.2 Å². The van der Waals surface area contributed by atoms with E-state index >= 15 is 0 Å². The Labute approximate surface area is 168 Å². The molecule has 0 saturated carbocycles. The fourth-order valence-electron chi connectivity index (χ4n) is 3.84. The van der Waals surface area contributed by atoms with Gasteiger partial charge in [-0.15, -0.1) is 0 Å². The van der Waals surface area contributed by atoms with Crippen molar-refractivity contribution >= 4 is 11.6 Å². The van der Waals surface area contributed by atoms with Gasteiger partial charge in [-0.25, -0.2) is 0 Å².